The zero-order valence-electron chi connectivity index (χ0n) is 15.3. The minimum atomic E-state index is -0.0421. The second-order valence-electron chi connectivity index (χ2n) is 6.62. The van der Waals surface area contributed by atoms with Gasteiger partial charge in [-0.3, -0.25) is 14.7 Å². The van der Waals surface area contributed by atoms with E-state index in [2.05, 4.69) is 27.0 Å². The quantitative estimate of drug-likeness (QED) is 0.756. The molecule has 1 aliphatic rings. The highest BCUT2D eigenvalue weighted by molar-refractivity contribution is 5.53. The van der Waals surface area contributed by atoms with Crippen molar-refractivity contribution in [3.8, 4) is 17.1 Å². The van der Waals surface area contributed by atoms with Gasteiger partial charge in [0.2, 0.25) is 0 Å². The van der Waals surface area contributed by atoms with Gasteiger partial charge in [0.15, 0.2) is 0 Å². The minimum Gasteiger partial charge on any atom is -0.494 e. The van der Waals surface area contributed by atoms with Crippen molar-refractivity contribution in [2.45, 2.75) is 26.4 Å². The van der Waals surface area contributed by atoms with Gasteiger partial charge in [-0.05, 0) is 43.2 Å². The van der Waals surface area contributed by atoms with Crippen molar-refractivity contribution in [1.82, 2.24) is 19.9 Å². The fraction of sp³-hybridized carbons (Fsp3) is 0.286. The van der Waals surface area contributed by atoms with Gasteiger partial charge in [0.05, 0.1) is 12.3 Å². The molecule has 0 bridgehead atoms. The molecule has 2 aromatic heterocycles. The summed E-state index contributed by atoms with van der Waals surface area (Å²) in [4.78, 5) is 26.5. The van der Waals surface area contributed by atoms with Gasteiger partial charge >= 0.3 is 0 Å². The van der Waals surface area contributed by atoms with E-state index in [-0.39, 0.29) is 5.56 Å². The second kappa shape index (κ2) is 7.72. The van der Waals surface area contributed by atoms with Crippen molar-refractivity contribution in [1.29, 1.82) is 0 Å². The summed E-state index contributed by atoms with van der Waals surface area (Å²) >= 11 is 0. The Morgan fingerprint density at radius 1 is 1.22 bits per heavy atom. The summed E-state index contributed by atoms with van der Waals surface area (Å²) in [7, 11) is 0. The Bertz CT molecular complexity index is 968. The van der Waals surface area contributed by atoms with E-state index < -0.39 is 0 Å². The first kappa shape index (κ1) is 17.4. The molecule has 3 heterocycles. The van der Waals surface area contributed by atoms with Crippen molar-refractivity contribution >= 4 is 0 Å². The van der Waals surface area contributed by atoms with Crippen LogP contribution in [-0.4, -0.2) is 33.0 Å². The lowest BCUT2D eigenvalue weighted by Gasteiger charge is -2.27. The van der Waals surface area contributed by atoms with Crippen LogP contribution in [0, 0.1) is 0 Å². The van der Waals surface area contributed by atoms with Crippen molar-refractivity contribution in [3.63, 3.8) is 0 Å². The molecule has 4 rings (SSSR count). The fourth-order valence-corrected chi connectivity index (χ4v) is 3.38. The Kier molecular flexibility index (Phi) is 4.98. The Hall–Kier alpha value is -2.99. The summed E-state index contributed by atoms with van der Waals surface area (Å²) in [5.74, 6) is 1.47. The number of rotatable bonds is 5. The molecule has 1 aliphatic heterocycles. The first-order valence-electron chi connectivity index (χ1n) is 9.19. The largest absolute Gasteiger partial charge is 0.494 e. The predicted octanol–water partition coefficient (Wildman–Crippen LogP) is 2.79. The van der Waals surface area contributed by atoms with Crippen LogP contribution in [0.5, 0.6) is 5.75 Å². The van der Waals surface area contributed by atoms with E-state index >= 15 is 0 Å². The number of hydrogen-bond acceptors (Lipinski definition) is 5. The van der Waals surface area contributed by atoms with Crippen LogP contribution in [0.1, 0.15) is 23.7 Å². The Morgan fingerprint density at radius 3 is 2.81 bits per heavy atom. The maximum absolute atomic E-state index is 12.5. The highest BCUT2D eigenvalue weighted by atomic mass is 16.5. The number of ether oxygens (including phenoxy) is 1. The summed E-state index contributed by atoms with van der Waals surface area (Å²) in [6.07, 6.45) is 4.13. The highest BCUT2D eigenvalue weighted by Gasteiger charge is 2.21. The third kappa shape index (κ3) is 3.90. The molecule has 1 aromatic carbocycles. The van der Waals surface area contributed by atoms with E-state index in [1.165, 1.54) is 5.56 Å². The van der Waals surface area contributed by atoms with E-state index in [9.17, 15) is 4.79 Å². The number of pyridine rings is 1. The van der Waals surface area contributed by atoms with Crippen LogP contribution < -0.4 is 10.3 Å². The van der Waals surface area contributed by atoms with Crippen LogP contribution in [0.3, 0.4) is 0 Å². The van der Waals surface area contributed by atoms with Crippen LogP contribution in [0.2, 0.25) is 0 Å². The van der Waals surface area contributed by atoms with Crippen molar-refractivity contribution < 1.29 is 4.74 Å². The van der Waals surface area contributed by atoms with Crippen LogP contribution in [0.15, 0.2) is 53.6 Å². The van der Waals surface area contributed by atoms with Gasteiger partial charge in [-0.1, -0.05) is 12.1 Å². The van der Waals surface area contributed by atoms with Crippen molar-refractivity contribution in [2.75, 3.05) is 13.2 Å². The zero-order valence-corrected chi connectivity index (χ0v) is 15.3. The Labute approximate surface area is 157 Å². The lowest BCUT2D eigenvalue weighted by atomic mass is 10.1. The van der Waals surface area contributed by atoms with Crippen molar-refractivity contribution in [2.24, 2.45) is 0 Å². The van der Waals surface area contributed by atoms with Gasteiger partial charge in [-0.15, -0.1) is 0 Å². The number of nitrogens with one attached hydrogen (secondary N) is 1. The molecule has 0 saturated carbocycles. The molecule has 0 fully saturated rings. The van der Waals surface area contributed by atoms with Gasteiger partial charge in [0.1, 0.15) is 11.6 Å². The Morgan fingerprint density at radius 2 is 2.07 bits per heavy atom. The lowest BCUT2D eigenvalue weighted by molar-refractivity contribution is 0.240. The summed E-state index contributed by atoms with van der Waals surface area (Å²) in [6, 6.07) is 11.9. The van der Waals surface area contributed by atoms with Gasteiger partial charge < -0.3 is 9.72 Å². The minimum absolute atomic E-state index is 0.0421. The van der Waals surface area contributed by atoms with E-state index in [1.54, 1.807) is 12.4 Å². The number of aromatic nitrogens is 3. The van der Waals surface area contributed by atoms with Crippen LogP contribution >= 0.6 is 0 Å². The fourth-order valence-electron chi connectivity index (χ4n) is 3.38. The SMILES string of the molecule is CCOc1ccc(CN2CCc3c(nc(-c4cccnc4)[nH]c3=O)C2)cc1. The van der Waals surface area contributed by atoms with E-state index in [0.29, 0.717) is 25.4 Å². The standard InChI is InChI=1S/C21H22N4O2/c1-2-27-17-7-5-15(6-8-17)13-25-11-9-18-19(14-25)23-20(24-21(18)26)16-4-3-10-22-12-16/h3-8,10,12H,2,9,11,13-14H2,1H3,(H,23,24,26). The molecule has 0 unspecified atom stereocenters. The highest BCUT2D eigenvalue weighted by Crippen LogP contribution is 2.20. The number of nitrogens with zero attached hydrogens (tertiary/aromatic N) is 3. The number of hydrogen-bond donors (Lipinski definition) is 1. The van der Waals surface area contributed by atoms with E-state index in [0.717, 1.165) is 35.7 Å². The molecular formula is C21H22N4O2. The normalized spacial score (nSPS) is 14.0. The molecule has 6 nitrogen and oxygen atoms in total. The van der Waals surface area contributed by atoms with Gasteiger partial charge in [0.25, 0.3) is 5.56 Å². The summed E-state index contributed by atoms with van der Waals surface area (Å²) in [5.41, 5.74) is 3.65. The first-order valence-corrected chi connectivity index (χ1v) is 9.19. The molecule has 27 heavy (non-hydrogen) atoms. The maximum atomic E-state index is 12.5. The molecule has 0 atom stereocenters. The molecule has 0 radical (unpaired) electrons. The van der Waals surface area contributed by atoms with Gasteiger partial charge in [0, 0.05) is 43.2 Å². The van der Waals surface area contributed by atoms with Crippen LogP contribution in [0.25, 0.3) is 11.4 Å². The monoisotopic (exact) mass is 362 g/mol. The molecular weight excluding hydrogens is 340 g/mol. The smallest absolute Gasteiger partial charge is 0.254 e. The number of aromatic amines is 1. The molecule has 3 aromatic rings. The van der Waals surface area contributed by atoms with Crippen molar-refractivity contribution in [3.05, 3.63) is 76.0 Å². The maximum Gasteiger partial charge on any atom is 0.254 e. The number of benzene rings is 1. The first-order chi connectivity index (χ1) is 13.2. The second-order valence-corrected chi connectivity index (χ2v) is 6.62. The molecule has 0 saturated heterocycles. The summed E-state index contributed by atoms with van der Waals surface area (Å²) < 4.78 is 5.50. The number of H-pyrrole nitrogens is 1. The Balaban J connectivity index is 1.53. The lowest BCUT2D eigenvalue weighted by Crippen LogP contribution is -2.35. The molecule has 1 N–H and O–H groups in total. The average Bonchev–Trinajstić information content (AvgIpc) is 2.70. The van der Waals surface area contributed by atoms with E-state index in [1.807, 2.05) is 31.2 Å². The van der Waals surface area contributed by atoms with Gasteiger partial charge in [-0.2, -0.15) is 0 Å². The zero-order chi connectivity index (χ0) is 18.6. The topological polar surface area (TPSA) is 71.1 Å². The third-order valence-electron chi connectivity index (χ3n) is 4.73. The van der Waals surface area contributed by atoms with E-state index in [4.69, 9.17) is 9.72 Å². The van der Waals surface area contributed by atoms with Crippen LogP contribution in [-0.2, 0) is 19.5 Å². The molecule has 138 valence electrons. The van der Waals surface area contributed by atoms with Gasteiger partial charge in [-0.25, -0.2) is 4.98 Å². The summed E-state index contributed by atoms with van der Waals surface area (Å²) in [5, 5.41) is 0. The molecule has 6 heteroatoms. The third-order valence-corrected chi connectivity index (χ3v) is 4.73. The summed E-state index contributed by atoms with van der Waals surface area (Å²) in [6.45, 7) is 4.98. The average molecular weight is 362 g/mol. The molecule has 0 spiro atoms. The predicted molar refractivity (Wildman–Crippen MR) is 104 cm³/mol. The number of fused-ring (bicyclic) bond motifs is 1. The molecule has 0 aliphatic carbocycles. The molecule has 0 amide bonds. The van der Waals surface area contributed by atoms with Crippen LogP contribution in [0.4, 0.5) is 0 Å².